The van der Waals surface area contributed by atoms with E-state index >= 15 is 0 Å². The second kappa shape index (κ2) is 4.67. The second-order valence-electron chi connectivity index (χ2n) is 3.59. The molecule has 0 radical (unpaired) electrons. The van der Waals surface area contributed by atoms with E-state index < -0.39 is 0 Å². The molecule has 2 aromatic rings. The smallest absolute Gasteiger partial charge is 0.223 e. The summed E-state index contributed by atoms with van der Waals surface area (Å²) in [5.41, 5.74) is 1.96. The number of hydrogen-bond acceptors (Lipinski definition) is 3. The Labute approximate surface area is 104 Å². The third kappa shape index (κ3) is 2.53. The van der Waals surface area contributed by atoms with Crippen molar-refractivity contribution in [2.45, 2.75) is 6.92 Å². The number of rotatable bonds is 2. The monoisotopic (exact) mass is 251 g/mol. The molecule has 0 spiro atoms. The number of anilines is 1. The van der Waals surface area contributed by atoms with Crippen LogP contribution in [0.1, 0.15) is 5.69 Å². The Bertz CT molecular complexity index is 557. The van der Waals surface area contributed by atoms with E-state index in [1.165, 1.54) is 18.2 Å². The van der Waals surface area contributed by atoms with Crippen molar-refractivity contribution in [1.29, 1.82) is 0 Å². The van der Waals surface area contributed by atoms with Gasteiger partial charge in [-0.3, -0.25) is 0 Å². The minimum Gasteiger partial charge on any atom is -0.357 e. The number of nitrogens with one attached hydrogen (secondary N) is 1. The zero-order valence-corrected chi connectivity index (χ0v) is 10.2. The second-order valence-corrected chi connectivity index (χ2v) is 4.00. The molecular formula is C12H11ClFN3. The van der Waals surface area contributed by atoms with Crippen LogP contribution in [0, 0.1) is 12.7 Å². The Morgan fingerprint density at radius 2 is 2.00 bits per heavy atom. The number of halogens is 2. The van der Waals surface area contributed by atoms with E-state index in [2.05, 4.69) is 15.3 Å². The lowest BCUT2D eigenvalue weighted by Gasteiger charge is -2.07. The summed E-state index contributed by atoms with van der Waals surface area (Å²) < 4.78 is 13.2. The van der Waals surface area contributed by atoms with E-state index in [0.717, 1.165) is 5.69 Å². The van der Waals surface area contributed by atoms with Crippen molar-refractivity contribution in [1.82, 2.24) is 9.97 Å². The molecule has 1 aromatic carbocycles. The highest BCUT2D eigenvalue weighted by molar-refractivity contribution is 6.33. The fraction of sp³-hybridized carbons (Fsp3) is 0.167. The van der Waals surface area contributed by atoms with Crippen molar-refractivity contribution in [2.75, 3.05) is 12.4 Å². The van der Waals surface area contributed by atoms with E-state index in [1.54, 1.807) is 13.1 Å². The lowest BCUT2D eigenvalue weighted by atomic mass is 10.1. The maximum absolute atomic E-state index is 13.2. The van der Waals surface area contributed by atoms with Gasteiger partial charge in [0.1, 0.15) is 5.82 Å². The summed E-state index contributed by atoms with van der Waals surface area (Å²) in [6.45, 7) is 1.85. The molecule has 17 heavy (non-hydrogen) atoms. The first-order valence-corrected chi connectivity index (χ1v) is 5.47. The summed E-state index contributed by atoms with van der Waals surface area (Å²) in [6.07, 6.45) is 0. The molecule has 0 aliphatic carbocycles. The first-order chi connectivity index (χ1) is 8.10. The van der Waals surface area contributed by atoms with Crippen LogP contribution in [-0.2, 0) is 0 Å². The Kier molecular flexibility index (Phi) is 3.24. The average molecular weight is 252 g/mol. The largest absolute Gasteiger partial charge is 0.357 e. The molecule has 5 heteroatoms. The van der Waals surface area contributed by atoms with Gasteiger partial charge in [-0.2, -0.15) is 0 Å². The van der Waals surface area contributed by atoms with Crippen LogP contribution in [0.15, 0.2) is 24.3 Å². The Balaban J connectivity index is 2.59. The van der Waals surface area contributed by atoms with E-state index in [-0.39, 0.29) is 5.82 Å². The van der Waals surface area contributed by atoms with Crippen LogP contribution < -0.4 is 5.32 Å². The molecule has 1 aromatic heterocycles. The maximum atomic E-state index is 13.2. The van der Waals surface area contributed by atoms with Gasteiger partial charge in [-0.15, -0.1) is 0 Å². The van der Waals surface area contributed by atoms with Crippen LogP contribution in [0.5, 0.6) is 0 Å². The van der Waals surface area contributed by atoms with Crippen molar-refractivity contribution in [3.05, 3.63) is 40.8 Å². The van der Waals surface area contributed by atoms with E-state index in [9.17, 15) is 4.39 Å². The minimum atomic E-state index is -0.341. The molecule has 88 valence electrons. The van der Waals surface area contributed by atoms with Crippen LogP contribution >= 0.6 is 11.6 Å². The summed E-state index contributed by atoms with van der Waals surface area (Å²) >= 11 is 6.03. The van der Waals surface area contributed by atoms with Crippen LogP contribution in [0.2, 0.25) is 5.02 Å². The van der Waals surface area contributed by atoms with Gasteiger partial charge in [0.15, 0.2) is 0 Å². The van der Waals surface area contributed by atoms with Gasteiger partial charge in [-0.25, -0.2) is 14.4 Å². The number of hydrogen-bond donors (Lipinski definition) is 1. The van der Waals surface area contributed by atoms with Crippen molar-refractivity contribution in [3.63, 3.8) is 0 Å². The Morgan fingerprint density at radius 3 is 2.71 bits per heavy atom. The number of benzene rings is 1. The first-order valence-electron chi connectivity index (χ1n) is 5.09. The number of aryl methyl sites for hydroxylation is 1. The predicted molar refractivity (Wildman–Crippen MR) is 66.7 cm³/mol. The molecule has 0 saturated heterocycles. The molecule has 0 fully saturated rings. The zero-order chi connectivity index (χ0) is 12.4. The summed E-state index contributed by atoms with van der Waals surface area (Å²) in [6, 6.07) is 5.96. The van der Waals surface area contributed by atoms with Crippen molar-refractivity contribution >= 4 is 17.5 Å². The predicted octanol–water partition coefficient (Wildman–Crippen LogP) is 3.29. The van der Waals surface area contributed by atoms with Gasteiger partial charge < -0.3 is 5.32 Å². The van der Waals surface area contributed by atoms with Gasteiger partial charge >= 0.3 is 0 Å². The van der Waals surface area contributed by atoms with Crippen molar-refractivity contribution in [2.24, 2.45) is 0 Å². The summed E-state index contributed by atoms with van der Waals surface area (Å²) in [5.74, 6) is 0.145. The standard InChI is InChI=1S/C12H11ClFN3/c1-7-5-11(17-12(15-2)16-7)9-6-8(14)3-4-10(9)13/h3-6H,1-2H3,(H,15,16,17). The average Bonchev–Trinajstić information content (AvgIpc) is 2.31. The molecule has 2 rings (SSSR count). The van der Waals surface area contributed by atoms with Gasteiger partial charge in [0.25, 0.3) is 0 Å². The quantitative estimate of drug-likeness (QED) is 0.890. The number of aromatic nitrogens is 2. The Hall–Kier alpha value is -1.68. The highest BCUT2D eigenvalue weighted by atomic mass is 35.5. The highest BCUT2D eigenvalue weighted by Crippen LogP contribution is 2.28. The topological polar surface area (TPSA) is 37.8 Å². The lowest BCUT2D eigenvalue weighted by molar-refractivity contribution is 0.628. The van der Waals surface area contributed by atoms with Gasteiger partial charge in [-0.1, -0.05) is 11.6 Å². The molecular weight excluding hydrogens is 241 g/mol. The fourth-order valence-electron chi connectivity index (χ4n) is 1.51. The van der Waals surface area contributed by atoms with Crippen LogP contribution in [0.3, 0.4) is 0 Å². The molecule has 0 aliphatic rings. The van der Waals surface area contributed by atoms with Crippen molar-refractivity contribution < 1.29 is 4.39 Å². The SMILES string of the molecule is CNc1nc(C)cc(-c2cc(F)ccc2Cl)n1. The molecule has 0 bridgehead atoms. The van der Waals surface area contributed by atoms with Crippen LogP contribution in [0.25, 0.3) is 11.3 Å². The minimum absolute atomic E-state index is 0.341. The lowest BCUT2D eigenvalue weighted by Crippen LogP contribution is -1.99. The van der Waals surface area contributed by atoms with Gasteiger partial charge in [0, 0.05) is 18.3 Å². The normalized spacial score (nSPS) is 10.4. The van der Waals surface area contributed by atoms with Crippen LogP contribution in [0.4, 0.5) is 10.3 Å². The molecule has 3 nitrogen and oxygen atoms in total. The molecule has 0 atom stereocenters. The molecule has 0 unspecified atom stereocenters. The van der Waals surface area contributed by atoms with Gasteiger partial charge in [-0.05, 0) is 31.2 Å². The molecule has 1 N–H and O–H groups in total. The highest BCUT2D eigenvalue weighted by Gasteiger charge is 2.08. The summed E-state index contributed by atoms with van der Waals surface area (Å²) in [7, 11) is 1.73. The van der Waals surface area contributed by atoms with E-state index in [0.29, 0.717) is 22.2 Å². The van der Waals surface area contributed by atoms with E-state index in [4.69, 9.17) is 11.6 Å². The van der Waals surface area contributed by atoms with Gasteiger partial charge in [0.05, 0.1) is 10.7 Å². The van der Waals surface area contributed by atoms with Crippen LogP contribution in [-0.4, -0.2) is 17.0 Å². The Morgan fingerprint density at radius 1 is 1.24 bits per heavy atom. The third-order valence-corrected chi connectivity index (χ3v) is 2.61. The first kappa shape index (κ1) is 11.8. The fourth-order valence-corrected chi connectivity index (χ4v) is 1.73. The maximum Gasteiger partial charge on any atom is 0.223 e. The molecule has 1 heterocycles. The molecule has 0 aliphatic heterocycles. The van der Waals surface area contributed by atoms with Gasteiger partial charge in [0.2, 0.25) is 5.95 Å². The summed E-state index contributed by atoms with van der Waals surface area (Å²) in [5, 5.41) is 3.32. The van der Waals surface area contributed by atoms with Crippen molar-refractivity contribution in [3.8, 4) is 11.3 Å². The third-order valence-electron chi connectivity index (χ3n) is 2.28. The molecule has 0 amide bonds. The van der Waals surface area contributed by atoms with E-state index in [1.807, 2.05) is 6.92 Å². The molecule has 0 saturated carbocycles. The number of nitrogens with zero attached hydrogens (tertiary/aromatic N) is 2. The zero-order valence-electron chi connectivity index (χ0n) is 9.46. The summed E-state index contributed by atoms with van der Waals surface area (Å²) in [4.78, 5) is 8.42.